The summed E-state index contributed by atoms with van der Waals surface area (Å²) < 4.78 is 39.5. The molecule has 0 spiro atoms. The van der Waals surface area contributed by atoms with Gasteiger partial charge in [-0.2, -0.15) is 18.2 Å². The van der Waals surface area contributed by atoms with Gasteiger partial charge in [-0.25, -0.2) is 0 Å². The first-order valence-electron chi connectivity index (χ1n) is 11.4. The molecule has 0 aliphatic heterocycles. The largest absolute Gasteiger partial charge is 0.418 e. The molecule has 0 fully saturated rings. The molecule has 1 unspecified atom stereocenters. The van der Waals surface area contributed by atoms with Crippen LogP contribution in [0.15, 0.2) is 102 Å². The molecule has 0 saturated carbocycles. The van der Waals surface area contributed by atoms with Gasteiger partial charge in [0.2, 0.25) is 11.9 Å². The molecular weight excluding hydrogens is 479 g/mol. The summed E-state index contributed by atoms with van der Waals surface area (Å²) in [4.78, 5) is 19.5. The van der Waals surface area contributed by atoms with E-state index in [-0.39, 0.29) is 17.5 Å². The Morgan fingerprint density at radius 2 is 1.51 bits per heavy atom. The quantitative estimate of drug-likeness (QED) is 0.188. The van der Waals surface area contributed by atoms with Crippen molar-refractivity contribution in [2.45, 2.75) is 19.0 Å². The van der Waals surface area contributed by atoms with E-state index in [9.17, 15) is 18.0 Å². The van der Waals surface area contributed by atoms with Crippen molar-refractivity contribution in [2.75, 3.05) is 10.6 Å². The highest BCUT2D eigenvalue weighted by Gasteiger charge is 2.33. The highest BCUT2D eigenvalue weighted by Crippen LogP contribution is 2.34. The van der Waals surface area contributed by atoms with Crippen LogP contribution >= 0.6 is 0 Å². The van der Waals surface area contributed by atoms with Crippen LogP contribution in [-0.4, -0.2) is 16.9 Å². The van der Waals surface area contributed by atoms with Gasteiger partial charge >= 0.3 is 6.18 Å². The van der Waals surface area contributed by atoms with Gasteiger partial charge in [-0.05, 0) is 60.0 Å². The summed E-state index contributed by atoms with van der Waals surface area (Å²) >= 11 is 0. The fourth-order valence-corrected chi connectivity index (χ4v) is 3.67. The second-order valence-corrected chi connectivity index (χ2v) is 8.29. The summed E-state index contributed by atoms with van der Waals surface area (Å²) in [5, 5.41) is 13.3. The Morgan fingerprint density at radius 3 is 2.16 bits per heavy atom. The summed E-state index contributed by atoms with van der Waals surface area (Å²) in [7, 11) is 0. The number of nitrogens with one attached hydrogen (secondary N) is 4. The first-order chi connectivity index (χ1) is 17.7. The molecule has 1 aromatic heterocycles. The normalized spacial score (nSPS) is 12.6. The zero-order chi connectivity index (χ0) is 26.4. The lowest BCUT2D eigenvalue weighted by Gasteiger charge is -2.13. The van der Waals surface area contributed by atoms with Crippen LogP contribution in [0.2, 0.25) is 0 Å². The molecule has 188 valence electrons. The van der Waals surface area contributed by atoms with Crippen molar-refractivity contribution in [3.8, 4) is 11.1 Å². The third-order valence-electron chi connectivity index (χ3n) is 5.69. The maximum atomic E-state index is 13.2. The van der Waals surface area contributed by atoms with E-state index in [4.69, 9.17) is 5.41 Å². The Hall–Kier alpha value is -4.66. The number of alkyl halides is 3. The topological polar surface area (TPSA) is 93.1 Å². The van der Waals surface area contributed by atoms with Crippen LogP contribution in [-0.2, 0) is 11.0 Å². The van der Waals surface area contributed by atoms with Gasteiger partial charge in [-0.3, -0.25) is 10.2 Å². The van der Waals surface area contributed by atoms with Crippen LogP contribution in [0, 0.1) is 5.41 Å². The predicted molar refractivity (Wildman–Crippen MR) is 138 cm³/mol. The van der Waals surface area contributed by atoms with Gasteiger partial charge in [0, 0.05) is 11.9 Å². The van der Waals surface area contributed by atoms with E-state index in [0.717, 1.165) is 22.8 Å². The monoisotopic (exact) mass is 503 g/mol. The summed E-state index contributed by atoms with van der Waals surface area (Å²) in [5.74, 6) is -0.834. The smallest absolute Gasteiger partial charge is 0.346 e. The van der Waals surface area contributed by atoms with E-state index in [0.29, 0.717) is 11.2 Å². The number of carbonyl (C=O) groups is 1. The molecule has 1 atom stereocenters. The summed E-state index contributed by atoms with van der Waals surface area (Å²) in [6.07, 6.45) is -2.86. The second-order valence-electron chi connectivity index (χ2n) is 8.29. The molecule has 4 aromatic rings. The number of para-hydroxylation sites is 1. The number of benzene rings is 3. The Bertz CT molecular complexity index is 1440. The Balaban J connectivity index is 1.41. The minimum Gasteiger partial charge on any atom is -0.346 e. The summed E-state index contributed by atoms with van der Waals surface area (Å²) in [5.41, 5.74) is 2.50. The fourth-order valence-electron chi connectivity index (χ4n) is 3.67. The van der Waals surface area contributed by atoms with Crippen LogP contribution in [0.5, 0.6) is 0 Å². The van der Waals surface area contributed by atoms with Crippen molar-refractivity contribution in [3.05, 3.63) is 114 Å². The lowest BCUT2D eigenvalue weighted by Crippen LogP contribution is -2.18. The number of rotatable bonds is 5. The lowest BCUT2D eigenvalue weighted by molar-refractivity contribution is -0.136. The van der Waals surface area contributed by atoms with Gasteiger partial charge in [0.15, 0.2) is 0 Å². The zero-order valence-electron chi connectivity index (χ0n) is 19.8. The van der Waals surface area contributed by atoms with Gasteiger partial charge in [0.25, 0.3) is 0 Å². The maximum absolute atomic E-state index is 13.2. The molecule has 0 bridgehead atoms. The van der Waals surface area contributed by atoms with Crippen LogP contribution in [0.25, 0.3) is 11.1 Å². The Kier molecular flexibility index (Phi) is 7.52. The van der Waals surface area contributed by atoms with Crippen molar-refractivity contribution in [2.24, 2.45) is 4.99 Å². The summed E-state index contributed by atoms with van der Waals surface area (Å²) in [6, 6.07) is 25.2. The number of guanidine groups is 1. The number of aromatic amines is 1. The number of nitrogens with zero attached hydrogens (tertiary/aromatic N) is 1. The molecule has 0 aliphatic carbocycles. The molecule has 0 saturated heterocycles. The lowest BCUT2D eigenvalue weighted by atomic mass is 10.0. The molecule has 4 rings (SSSR count). The van der Waals surface area contributed by atoms with Gasteiger partial charge in [-0.15, -0.1) is 0 Å². The molecule has 4 N–H and O–H groups in total. The number of H-pyrrole nitrogens is 1. The highest BCUT2D eigenvalue weighted by atomic mass is 19.4. The minimum absolute atomic E-state index is 0.104. The predicted octanol–water partition coefficient (Wildman–Crippen LogP) is 6.39. The highest BCUT2D eigenvalue weighted by molar-refractivity contribution is 5.95. The molecule has 0 radical (unpaired) electrons. The van der Waals surface area contributed by atoms with Crippen LogP contribution in [0.4, 0.5) is 24.5 Å². The Morgan fingerprint density at radius 1 is 0.865 bits per heavy atom. The van der Waals surface area contributed by atoms with Crippen molar-refractivity contribution in [1.29, 1.82) is 5.41 Å². The number of anilines is 2. The molecule has 1 heterocycles. The molecule has 6 nitrogen and oxygen atoms in total. The molecule has 37 heavy (non-hydrogen) atoms. The first-order valence-corrected chi connectivity index (χ1v) is 11.4. The molecule has 9 heteroatoms. The molecular formula is C28H24F3N5O. The van der Waals surface area contributed by atoms with Crippen molar-refractivity contribution in [1.82, 2.24) is 4.98 Å². The molecule has 0 aliphatic rings. The first kappa shape index (κ1) is 25.4. The summed E-state index contributed by atoms with van der Waals surface area (Å²) in [6.45, 7) is 1.85. The van der Waals surface area contributed by atoms with E-state index < -0.39 is 17.7 Å². The average molecular weight is 504 g/mol. The number of halogens is 3. The third kappa shape index (κ3) is 6.52. The minimum atomic E-state index is -4.55. The van der Waals surface area contributed by atoms with E-state index in [1.807, 2.05) is 49.4 Å². The van der Waals surface area contributed by atoms with Gasteiger partial charge in [-0.1, -0.05) is 54.6 Å². The maximum Gasteiger partial charge on any atom is 0.418 e. The number of aromatic nitrogens is 1. The zero-order valence-corrected chi connectivity index (χ0v) is 19.8. The van der Waals surface area contributed by atoms with Gasteiger partial charge < -0.3 is 15.6 Å². The standard InChI is InChI=1S/C28H24F3N5O/c1-18(19-7-3-2-4-8-19)26(37)34-22-14-11-20(12-15-22)21-13-16-25(33-17-21)36-27(32)35-24-10-6-5-9-23(24)28(29,30)31/h2-18H,1H3,(H,34,37)(H3,32,33,35,36). The number of amides is 1. The van der Waals surface area contributed by atoms with Crippen LogP contribution < -0.4 is 16.1 Å². The van der Waals surface area contributed by atoms with E-state index in [1.165, 1.54) is 18.2 Å². The number of hydrogen-bond acceptors (Lipinski definition) is 2. The number of pyridine rings is 1. The van der Waals surface area contributed by atoms with E-state index >= 15 is 0 Å². The average Bonchev–Trinajstić information content (AvgIpc) is 2.89. The van der Waals surface area contributed by atoms with Crippen LogP contribution in [0.3, 0.4) is 0 Å². The Labute approximate surface area is 211 Å². The van der Waals surface area contributed by atoms with Crippen LogP contribution in [0.1, 0.15) is 24.0 Å². The van der Waals surface area contributed by atoms with Crippen molar-refractivity contribution < 1.29 is 18.0 Å². The fraction of sp³-hybridized carbons (Fsp3) is 0.107. The third-order valence-corrected chi connectivity index (χ3v) is 5.69. The SMILES string of the molecule is CC(C(=O)Nc1ccc(-c2cc/c(=N/C(=N)Nc3ccccc3C(F)(F)F)[nH]c2)cc1)c1ccccc1. The second kappa shape index (κ2) is 10.9. The molecule has 1 amide bonds. The van der Waals surface area contributed by atoms with E-state index in [1.54, 1.807) is 30.5 Å². The van der Waals surface area contributed by atoms with Gasteiger partial charge in [0.05, 0.1) is 17.2 Å². The number of carbonyl (C=O) groups excluding carboxylic acids is 1. The molecule has 3 aromatic carbocycles. The van der Waals surface area contributed by atoms with Crippen molar-refractivity contribution in [3.63, 3.8) is 0 Å². The van der Waals surface area contributed by atoms with Gasteiger partial charge in [0.1, 0.15) is 5.49 Å². The van der Waals surface area contributed by atoms with E-state index in [2.05, 4.69) is 20.6 Å². The van der Waals surface area contributed by atoms with Crippen molar-refractivity contribution >= 4 is 23.2 Å². The number of hydrogen-bond donors (Lipinski definition) is 4.